The number of hydrogen-bond acceptors (Lipinski definition) is 5. The monoisotopic (exact) mass is 341 g/mol. The minimum absolute atomic E-state index is 0.0873. The van der Waals surface area contributed by atoms with E-state index in [4.69, 9.17) is 4.74 Å². The number of aromatic nitrogens is 2. The number of aliphatic hydroxyl groups is 1. The smallest absolute Gasteiger partial charge is 0.323 e. The topological polar surface area (TPSA) is 115 Å². The SMILES string of the molecule is CC1(C)CN(S(=O)(=O)c2ccc3[nH]c(=O)[nH]c3c2)CC(CO)O1. The zero-order valence-electron chi connectivity index (χ0n) is 12.9. The van der Waals surface area contributed by atoms with Gasteiger partial charge in [-0.05, 0) is 32.0 Å². The van der Waals surface area contributed by atoms with Crippen LogP contribution in [0.3, 0.4) is 0 Å². The average molecular weight is 341 g/mol. The number of sulfonamides is 1. The maximum absolute atomic E-state index is 12.9. The van der Waals surface area contributed by atoms with Crippen LogP contribution in [0.25, 0.3) is 11.0 Å². The lowest BCUT2D eigenvalue weighted by Gasteiger charge is -2.41. The van der Waals surface area contributed by atoms with E-state index in [1.807, 2.05) is 0 Å². The Balaban J connectivity index is 2.00. The third kappa shape index (κ3) is 3.05. The van der Waals surface area contributed by atoms with Gasteiger partial charge in [-0.3, -0.25) is 0 Å². The fourth-order valence-electron chi connectivity index (χ4n) is 2.84. The molecule has 0 spiro atoms. The summed E-state index contributed by atoms with van der Waals surface area (Å²) >= 11 is 0. The molecule has 1 aromatic carbocycles. The summed E-state index contributed by atoms with van der Waals surface area (Å²) in [5, 5.41) is 9.33. The molecule has 1 saturated heterocycles. The number of morpholine rings is 1. The maximum Gasteiger partial charge on any atom is 0.323 e. The first-order valence-electron chi connectivity index (χ1n) is 7.22. The van der Waals surface area contributed by atoms with Gasteiger partial charge in [0.25, 0.3) is 0 Å². The molecule has 2 heterocycles. The van der Waals surface area contributed by atoms with Crippen LogP contribution < -0.4 is 5.69 Å². The van der Waals surface area contributed by atoms with E-state index in [1.165, 1.54) is 16.4 Å². The number of aromatic amines is 2. The van der Waals surface area contributed by atoms with Crippen molar-refractivity contribution in [3.63, 3.8) is 0 Å². The van der Waals surface area contributed by atoms with Crippen LogP contribution in [0.4, 0.5) is 0 Å². The normalized spacial score (nSPS) is 22.5. The summed E-state index contributed by atoms with van der Waals surface area (Å²) in [7, 11) is -3.75. The third-order valence-corrected chi connectivity index (χ3v) is 5.59. The van der Waals surface area contributed by atoms with Crippen LogP contribution in [-0.2, 0) is 14.8 Å². The molecule has 1 unspecified atom stereocenters. The molecule has 1 aromatic heterocycles. The minimum atomic E-state index is -3.75. The highest BCUT2D eigenvalue weighted by Crippen LogP contribution is 2.27. The fourth-order valence-corrected chi connectivity index (χ4v) is 4.49. The Hall–Kier alpha value is -1.68. The number of H-pyrrole nitrogens is 2. The van der Waals surface area contributed by atoms with Crippen LogP contribution in [0.5, 0.6) is 0 Å². The Kier molecular flexibility index (Phi) is 3.83. The molecule has 1 fully saturated rings. The first-order valence-corrected chi connectivity index (χ1v) is 8.66. The Bertz CT molecular complexity index is 883. The van der Waals surface area contributed by atoms with E-state index in [-0.39, 0.29) is 30.3 Å². The number of ether oxygens (including phenoxy) is 1. The highest BCUT2D eigenvalue weighted by molar-refractivity contribution is 7.89. The van der Waals surface area contributed by atoms with Crippen molar-refractivity contribution in [1.29, 1.82) is 0 Å². The Labute approximate surface area is 133 Å². The predicted molar refractivity (Wildman–Crippen MR) is 83.7 cm³/mol. The second-order valence-electron chi connectivity index (χ2n) is 6.27. The molecule has 8 nitrogen and oxygen atoms in total. The van der Waals surface area contributed by atoms with Crippen molar-refractivity contribution in [2.45, 2.75) is 30.4 Å². The van der Waals surface area contributed by atoms with Gasteiger partial charge in [0.05, 0.1) is 34.2 Å². The van der Waals surface area contributed by atoms with Crippen molar-refractivity contribution in [3.8, 4) is 0 Å². The Morgan fingerprint density at radius 2 is 2.04 bits per heavy atom. The van der Waals surface area contributed by atoms with E-state index in [0.29, 0.717) is 11.0 Å². The second kappa shape index (κ2) is 5.45. The first kappa shape index (κ1) is 16.2. The molecule has 0 aliphatic carbocycles. The van der Waals surface area contributed by atoms with Gasteiger partial charge in [-0.25, -0.2) is 13.2 Å². The van der Waals surface area contributed by atoms with E-state index < -0.39 is 21.7 Å². The number of imidazole rings is 1. The van der Waals surface area contributed by atoms with Gasteiger partial charge in [0, 0.05) is 13.1 Å². The number of nitrogens with one attached hydrogen (secondary N) is 2. The average Bonchev–Trinajstić information content (AvgIpc) is 2.84. The molecule has 0 radical (unpaired) electrons. The Morgan fingerprint density at radius 1 is 1.35 bits per heavy atom. The van der Waals surface area contributed by atoms with Crippen LogP contribution in [0.1, 0.15) is 13.8 Å². The predicted octanol–water partition coefficient (Wildman–Crippen LogP) is 0.0166. The molecule has 3 N–H and O–H groups in total. The van der Waals surface area contributed by atoms with Gasteiger partial charge in [-0.15, -0.1) is 0 Å². The van der Waals surface area contributed by atoms with E-state index in [9.17, 15) is 18.3 Å². The van der Waals surface area contributed by atoms with Gasteiger partial charge >= 0.3 is 5.69 Å². The number of aliphatic hydroxyl groups excluding tert-OH is 1. The summed E-state index contributed by atoms with van der Waals surface area (Å²) < 4.78 is 32.7. The summed E-state index contributed by atoms with van der Waals surface area (Å²) in [5.74, 6) is 0. The van der Waals surface area contributed by atoms with Crippen LogP contribution in [0.2, 0.25) is 0 Å². The van der Waals surface area contributed by atoms with Crippen molar-refractivity contribution < 1.29 is 18.3 Å². The molecular weight excluding hydrogens is 322 g/mol. The van der Waals surface area contributed by atoms with Gasteiger partial charge in [0.15, 0.2) is 0 Å². The molecule has 1 aliphatic heterocycles. The van der Waals surface area contributed by atoms with Crippen molar-refractivity contribution in [2.24, 2.45) is 0 Å². The summed E-state index contributed by atoms with van der Waals surface area (Å²) in [6.45, 7) is 3.59. The number of nitrogens with zero attached hydrogens (tertiary/aromatic N) is 1. The Morgan fingerprint density at radius 3 is 2.74 bits per heavy atom. The molecule has 1 atom stereocenters. The van der Waals surface area contributed by atoms with Crippen LogP contribution >= 0.6 is 0 Å². The molecule has 0 saturated carbocycles. The minimum Gasteiger partial charge on any atom is -0.394 e. The summed E-state index contributed by atoms with van der Waals surface area (Å²) in [6.07, 6.45) is -0.565. The zero-order valence-corrected chi connectivity index (χ0v) is 13.7. The molecule has 2 aromatic rings. The summed E-state index contributed by atoms with van der Waals surface area (Å²) in [5.41, 5.74) is -0.0974. The first-order chi connectivity index (χ1) is 10.7. The largest absolute Gasteiger partial charge is 0.394 e. The summed E-state index contributed by atoms with van der Waals surface area (Å²) in [4.78, 5) is 16.5. The van der Waals surface area contributed by atoms with Crippen LogP contribution in [-0.4, -0.2) is 59.2 Å². The molecular formula is C14H19N3O5S. The van der Waals surface area contributed by atoms with Gasteiger partial charge in [-0.2, -0.15) is 4.31 Å². The number of benzene rings is 1. The second-order valence-corrected chi connectivity index (χ2v) is 8.20. The molecule has 9 heteroatoms. The maximum atomic E-state index is 12.9. The zero-order chi connectivity index (χ0) is 16.8. The standard InChI is InChI=1S/C14H19N3O5S/c1-14(2)8-17(6-9(7-18)22-14)23(20,21)10-3-4-11-12(5-10)16-13(19)15-11/h3-5,9,18H,6-8H2,1-2H3,(H2,15,16,19). The molecule has 0 bridgehead atoms. The van der Waals surface area contributed by atoms with Crippen molar-refractivity contribution >= 4 is 21.1 Å². The van der Waals surface area contributed by atoms with Gasteiger partial charge in [0.1, 0.15) is 0 Å². The highest BCUT2D eigenvalue weighted by atomic mass is 32.2. The number of fused-ring (bicyclic) bond motifs is 1. The van der Waals surface area contributed by atoms with Crippen molar-refractivity contribution in [2.75, 3.05) is 19.7 Å². The lowest BCUT2D eigenvalue weighted by Crippen LogP contribution is -2.55. The number of rotatable bonds is 3. The molecule has 1 aliphatic rings. The van der Waals surface area contributed by atoms with Gasteiger partial charge in [0.2, 0.25) is 10.0 Å². The lowest BCUT2D eigenvalue weighted by atomic mass is 10.1. The fraction of sp³-hybridized carbons (Fsp3) is 0.500. The molecule has 126 valence electrons. The molecule has 0 amide bonds. The van der Waals surface area contributed by atoms with E-state index in [2.05, 4.69) is 9.97 Å². The van der Waals surface area contributed by atoms with E-state index in [0.717, 1.165) is 0 Å². The van der Waals surface area contributed by atoms with E-state index in [1.54, 1.807) is 19.9 Å². The lowest BCUT2D eigenvalue weighted by molar-refractivity contribution is -0.131. The van der Waals surface area contributed by atoms with Crippen LogP contribution in [0, 0.1) is 0 Å². The van der Waals surface area contributed by atoms with Crippen molar-refractivity contribution in [3.05, 3.63) is 28.7 Å². The summed E-state index contributed by atoms with van der Waals surface area (Å²) in [6, 6.07) is 4.44. The molecule has 23 heavy (non-hydrogen) atoms. The third-order valence-electron chi connectivity index (χ3n) is 3.78. The van der Waals surface area contributed by atoms with E-state index >= 15 is 0 Å². The van der Waals surface area contributed by atoms with Gasteiger partial charge in [-0.1, -0.05) is 0 Å². The quantitative estimate of drug-likeness (QED) is 0.728. The van der Waals surface area contributed by atoms with Gasteiger partial charge < -0.3 is 19.8 Å². The van der Waals surface area contributed by atoms with Crippen molar-refractivity contribution in [1.82, 2.24) is 14.3 Å². The highest BCUT2D eigenvalue weighted by Gasteiger charge is 2.39. The molecule has 3 rings (SSSR count). The van der Waals surface area contributed by atoms with Crippen LogP contribution in [0.15, 0.2) is 27.9 Å². The number of hydrogen-bond donors (Lipinski definition) is 3.